The molecule has 0 aliphatic heterocycles. The second kappa shape index (κ2) is 9.83. The van der Waals surface area contributed by atoms with Crippen LogP contribution in [0.3, 0.4) is 0 Å². The summed E-state index contributed by atoms with van der Waals surface area (Å²) in [6, 6.07) is 15.4. The van der Waals surface area contributed by atoms with Crippen LogP contribution in [0.5, 0.6) is 5.75 Å². The normalized spacial score (nSPS) is 10.9. The van der Waals surface area contributed by atoms with Gasteiger partial charge in [0.1, 0.15) is 16.4 Å². The molecular weight excluding hydrogens is 443 g/mol. The second-order valence-corrected chi connectivity index (χ2v) is 8.54. The summed E-state index contributed by atoms with van der Waals surface area (Å²) < 4.78 is 20.1. The largest absolute Gasteiger partial charge is 0.497 e. The van der Waals surface area contributed by atoms with Crippen molar-refractivity contribution in [1.82, 2.24) is 20.4 Å². The van der Waals surface area contributed by atoms with Gasteiger partial charge < -0.3 is 15.4 Å². The van der Waals surface area contributed by atoms with Gasteiger partial charge in [-0.15, -0.1) is 11.3 Å². The maximum absolute atomic E-state index is 13.2. The molecular formula is C24H23FN4O3S. The Morgan fingerprint density at radius 1 is 1.06 bits per heavy atom. The van der Waals surface area contributed by atoms with Gasteiger partial charge in [-0.1, -0.05) is 24.3 Å². The van der Waals surface area contributed by atoms with E-state index >= 15 is 0 Å². The molecule has 0 bridgehead atoms. The van der Waals surface area contributed by atoms with E-state index in [9.17, 15) is 14.0 Å². The van der Waals surface area contributed by atoms with Gasteiger partial charge in [-0.25, -0.2) is 4.39 Å². The number of benzene rings is 2. The van der Waals surface area contributed by atoms with E-state index in [0.717, 1.165) is 32.8 Å². The Morgan fingerprint density at radius 3 is 2.45 bits per heavy atom. The number of carbonyl (C=O) groups excluding carboxylic acids is 2. The number of hydrogen-bond donors (Lipinski definition) is 2. The number of nitrogens with one attached hydrogen (secondary N) is 2. The number of carbonyl (C=O) groups is 2. The smallest absolute Gasteiger partial charge is 0.261 e. The predicted molar refractivity (Wildman–Crippen MR) is 125 cm³/mol. The van der Waals surface area contributed by atoms with Gasteiger partial charge in [0.05, 0.1) is 30.8 Å². The van der Waals surface area contributed by atoms with Crippen LogP contribution in [-0.4, -0.2) is 35.2 Å². The Balaban J connectivity index is 1.35. The summed E-state index contributed by atoms with van der Waals surface area (Å²) in [6.07, 6.45) is 0. The molecule has 0 saturated heterocycles. The average molecular weight is 467 g/mol. The lowest BCUT2D eigenvalue weighted by molar-refractivity contribution is -0.120. The Hall–Kier alpha value is -3.72. The number of aryl methyl sites for hydroxylation is 1. The molecule has 2 aromatic heterocycles. The van der Waals surface area contributed by atoms with Crippen LogP contribution >= 0.6 is 11.3 Å². The van der Waals surface area contributed by atoms with E-state index in [0.29, 0.717) is 18.0 Å². The van der Waals surface area contributed by atoms with Gasteiger partial charge in [0.25, 0.3) is 5.91 Å². The monoisotopic (exact) mass is 466 g/mol. The highest BCUT2D eigenvalue weighted by Gasteiger charge is 2.17. The topological polar surface area (TPSA) is 85.2 Å². The highest BCUT2D eigenvalue weighted by Crippen LogP contribution is 2.29. The maximum atomic E-state index is 13.2. The van der Waals surface area contributed by atoms with E-state index in [4.69, 9.17) is 4.74 Å². The molecule has 0 saturated carbocycles. The number of rotatable bonds is 8. The number of halogens is 1. The first kappa shape index (κ1) is 22.5. The molecule has 0 unspecified atom stereocenters. The van der Waals surface area contributed by atoms with Gasteiger partial charge in [0.15, 0.2) is 0 Å². The van der Waals surface area contributed by atoms with Gasteiger partial charge in [0.2, 0.25) is 5.91 Å². The number of aromatic nitrogens is 2. The highest BCUT2D eigenvalue weighted by molar-refractivity contribution is 7.20. The van der Waals surface area contributed by atoms with Crippen molar-refractivity contribution in [3.05, 3.63) is 82.1 Å². The predicted octanol–water partition coefficient (Wildman–Crippen LogP) is 3.65. The fourth-order valence-electron chi connectivity index (χ4n) is 3.35. The zero-order chi connectivity index (χ0) is 23.4. The Labute approximate surface area is 194 Å². The molecule has 0 atom stereocenters. The fraction of sp³-hybridized carbons (Fsp3) is 0.208. The summed E-state index contributed by atoms with van der Waals surface area (Å²) in [6.45, 7) is 2.59. The van der Waals surface area contributed by atoms with Crippen LogP contribution in [0.2, 0.25) is 0 Å². The van der Waals surface area contributed by atoms with Crippen LogP contribution in [0.15, 0.2) is 54.6 Å². The first-order chi connectivity index (χ1) is 15.9. The summed E-state index contributed by atoms with van der Waals surface area (Å²) in [5.41, 5.74) is 2.65. The molecule has 2 heterocycles. The number of hydrogen-bond acceptors (Lipinski definition) is 5. The second-order valence-electron chi connectivity index (χ2n) is 7.51. The number of thiophene rings is 1. The number of fused-ring (bicyclic) bond motifs is 1. The minimum absolute atomic E-state index is 0.121. The SMILES string of the molecule is COc1ccc(CNC(=O)CNC(=O)c2cc3c(C)nn(Cc4ccc(F)cc4)c3s2)cc1. The van der Waals surface area contributed by atoms with Crippen LogP contribution in [0.25, 0.3) is 10.2 Å². The fourth-order valence-corrected chi connectivity index (χ4v) is 4.43. The van der Waals surface area contributed by atoms with E-state index in [1.807, 2.05) is 31.2 Å². The molecule has 33 heavy (non-hydrogen) atoms. The molecule has 2 aromatic carbocycles. The van der Waals surface area contributed by atoms with Crippen LogP contribution < -0.4 is 15.4 Å². The Kier molecular flexibility index (Phi) is 6.69. The minimum Gasteiger partial charge on any atom is -0.497 e. The Morgan fingerprint density at radius 2 is 1.76 bits per heavy atom. The molecule has 2 N–H and O–H groups in total. The van der Waals surface area contributed by atoms with Crippen LogP contribution in [0.4, 0.5) is 4.39 Å². The summed E-state index contributed by atoms with van der Waals surface area (Å²) >= 11 is 1.31. The highest BCUT2D eigenvalue weighted by atomic mass is 32.1. The quantitative estimate of drug-likeness (QED) is 0.415. The molecule has 9 heteroatoms. The third-order valence-corrected chi connectivity index (χ3v) is 6.28. The number of ether oxygens (including phenoxy) is 1. The molecule has 0 aliphatic rings. The first-order valence-electron chi connectivity index (χ1n) is 10.3. The number of amides is 2. The van der Waals surface area contributed by atoms with Gasteiger partial charge >= 0.3 is 0 Å². The summed E-state index contributed by atoms with van der Waals surface area (Å²) in [7, 11) is 1.60. The number of nitrogens with zero attached hydrogens (tertiary/aromatic N) is 2. The standard InChI is InChI=1S/C24H23FN4O3S/c1-15-20-11-21(33-24(20)29(28-15)14-17-3-7-18(25)8-4-17)23(31)27-13-22(30)26-12-16-5-9-19(32-2)10-6-16/h3-11H,12-14H2,1-2H3,(H,26,30)(H,27,31). The lowest BCUT2D eigenvalue weighted by atomic mass is 10.2. The van der Waals surface area contributed by atoms with E-state index < -0.39 is 0 Å². The van der Waals surface area contributed by atoms with Crippen molar-refractivity contribution in [3.8, 4) is 5.75 Å². The summed E-state index contributed by atoms with van der Waals surface area (Å²) in [4.78, 5) is 26.1. The van der Waals surface area contributed by atoms with Crippen molar-refractivity contribution in [2.24, 2.45) is 0 Å². The Bertz CT molecular complexity index is 1280. The first-order valence-corrected chi connectivity index (χ1v) is 11.1. The van der Waals surface area contributed by atoms with Gasteiger partial charge in [-0.3, -0.25) is 14.3 Å². The van der Waals surface area contributed by atoms with Crippen LogP contribution in [0, 0.1) is 12.7 Å². The molecule has 7 nitrogen and oxygen atoms in total. The minimum atomic E-state index is -0.316. The molecule has 4 aromatic rings. The van der Waals surface area contributed by atoms with E-state index in [1.165, 1.54) is 23.5 Å². The zero-order valence-electron chi connectivity index (χ0n) is 18.2. The van der Waals surface area contributed by atoms with Crippen molar-refractivity contribution in [3.63, 3.8) is 0 Å². The molecule has 0 radical (unpaired) electrons. The van der Waals surface area contributed by atoms with Crippen molar-refractivity contribution >= 4 is 33.4 Å². The van der Waals surface area contributed by atoms with E-state index in [-0.39, 0.29) is 24.2 Å². The lowest BCUT2D eigenvalue weighted by Gasteiger charge is -2.07. The molecule has 4 rings (SSSR count). The van der Waals surface area contributed by atoms with Crippen molar-refractivity contribution in [2.75, 3.05) is 13.7 Å². The molecule has 170 valence electrons. The van der Waals surface area contributed by atoms with Gasteiger partial charge in [-0.2, -0.15) is 5.10 Å². The summed E-state index contributed by atoms with van der Waals surface area (Å²) in [5.74, 6) is -0.136. The molecule has 0 spiro atoms. The molecule has 2 amide bonds. The van der Waals surface area contributed by atoms with Gasteiger partial charge in [-0.05, 0) is 48.4 Å². The van der Waals surface area contributed by atoms with Crippen molar-refractivity contribution in [1.29, 1.82) is 0 Å². The van der Waals surface area contributed by atoms with Gasteiger partial charge in [0, 0.05) is 11.9 Å². The van der Waals surface area contributed by atoms with E-state index in [1.54, 1.807) is 30.0 Å². The zero-order valence-corrected chi connectivity index (χ0v) is 19.0. The lowest BCUT2D eigenvalue weighted by Crippen LogP contribution is -2.36. The molecule has 0 aliphatic carbocycles. The van der Waals surface area contributed by atoms with Crippen molar-refractivity contribution < 1.29 is 18.7 Å². The van der Waals surface area contributed by atoms with Crippen LogP contribution in [0.1, 0.15) is 26.5 Å². The summed E-state index contributed by atoms with van der Waals surface area (Å²) in [5, 5.41) is 10.9. The van der Waals surface area contributed by atoms with Crippen LogP contribution in [-0.2, 0) is 17.9 Å². The third kappa shape index (κ3) is 5.38. The number of methoxy groups -OCH3 is 1. The molecule has 0 fully saturated rings. The average Bonchev–Trinajstić information content (AvgIpc) is 3.39. The van der Waals surface area contributed by atoms with Crippen molar-refractivity contribution in [2.45, 2.75) is 20.0 Å². The van der Waals surface area contributed by atoms with E-state index in [2.05, 4.69) is 15.7 Å². The maximum Gasteiger partial charge on any atom is 0.261 e. The third-order valence-electron chi connectivity index (χ3n) is 5.14.